The Balaban J connectivity index is 2.27. The van der Waals surface area contributed by atoms with Crippen molar-refractivity contribution in [3.8, 4) is 0 Å². The van der Waals surface area contributed by atoms with Gasteiger partial charge in [0.25, 0.3) is 0 Å². The van der Waals surface area contributed by atoms with E-state index in [4.69, 9.17) is 4.11 Å². The largest absolute Gasteiger partial charge is 0.257 e. The van der Waals surface area contributed by atoms with Gasteiger partial charge in [0.05, 0.1) is 5.69 Å². The Kier molecular flexibility index (Phi) is 1.67. The van der Waals surface area contributed by atoms with E-state index in [0.717, 1.165) is 17.7 Å². The molecule has 1 aromatic rings. The molecule has 0 aromatic carbocycles. The summed E-state index contributed by atoms with van der Waals surface area (Å²) in [5.74, 6) is 0. The average Bonchev–Trinajstić information content (AvgIpc) is 2.28. The molecule has 0 saturated heterocycles. The number of hydrogen-bond acceptors (Lipinski definition) is 1. The van der Waals surface area contributed by atoms with Crippen LogP contribution < -0.4 is 0 Å². The van der Waals surface area contributed by atoms with Crippen LogP contribution >= 0.6 is 0 Å². The summed E-state index contributed by atoms with van der Waals surface area (Å²) in [6.07, 6.45) is 6.73. The molecule has 1 aliphatic rings. The first-order valence-electron chi connectivity index (χ1n) is 6.30. The minimum Gasteiger partial charge on any atom is -0.257 e. The maximum absolute atomic E-state index is 7.35. The van der Waals surface area contributed by atoms with Gasteiger partial charge >= 0.3 is 0 Å². The van der Waals surface area contributed by atoms with Crippen LogP contribution in [0.4, 0.5) is 0 Å². The molecule has 0 unspecified atom stereocenters. The van der Waals surface area contributed by atoms with E-state index in [2.05, 4.69) is 4.98 Å². The van der Waals surface area contributed by atoms with Crippen molar-refractivity contribution in [3.63, 3.8) is 0 Å². The normalized spacial score (nSPS) is 20.2. The summed E-state index contributed by atoms with van der Waals surface area (Å²) in [7, 11) is 0. The lowest BCUT2D eigenvalue weighted by atomic mass is 9.96. The molecule has 0 atom stereocenters. The van der Waals surface area contributed by atoms with Gasteiger partial charge in [-0.25, -0.2) is 0 Å². The van der Waals surface area contributed by atoms with Crippen molar-refractivity contribution in [2.75, 3.05) is 0 Å². The molecule has 0 N–H and O–H groups in total. The third kappa shape index (κ3) is 1.92. The predicted molar refractivity (Wildman–Crippen MR) is 59.9 cm³/mol. The summed E-state index contributed by atoms with van der Waals surface area (Å²) in [6.45, 7) is 0.0698. The Morgan fingerprint density at radius 3 is 2.93 bits per heavy atom. The van der Waals surface area contributed by atoms with Crippen LogP contribution in [0.1, 0.15) is 35.1 Å². The van der Waals surface area contributed by atoms with Gasteiger partial charge in [-0.05, 0) is 49.9 Å². The Hall–Kier alpha value is -1.37. The number of pyridine rings is 1. The fraction of sp³-hybridized carbons (Fsp3) is 0.308. The molecule has 0 radical (unpaired) electrons. The van der Waals surface area contributed by atoms with Crippen molar-refractivity contribution in [2.45, 2.75) is 26.6 Å². The molecule has 0 spiro atoms. The molecule has 0 saturated carbocycles. The zero-order chi connectivity index (χ0) is 12.5. The molecule has 0 bridgehead atoms. The Morgan fingerprint density at radius 1 is 1.36 bits per heavy atom. The summed E-state index contributed by atoms with van der Waals surface area (Å²) >= 11 is 0. The molecule has 72 valence electrons. The van der Waals surface area contributed by atoms with Gasteiger partial charge in [-0.3, -0.25) is 4.98 Å². The lowest BCUT2D eigenvalue weighted by molar-refractivity contribution is 0.967. The first-order valence-corrected chi connectivity index (χ1v) is 4.80. The van der Waals surface area contributed by atoms with Crippen LogP contribution in [0.2, 0.25) is 0 Å². The molecule has 1 heteroatoms. The lowest BCUT2D eigenvalue weighted by Crippen LogP contribution is -1.94. The van der Waals surface area contributed by atoms with E-state index in [1.54, 1.807) is 12.3 Å². The zero-order valence-electron chi connectivity index (χ0n) is 11.2. The Bertz CT molecular complexity index is 484. The molecule has 1 nitrogen and oxygen atoms in total. The van der Waals surface area contributed by atoms with E-state index in [1.807, 2.05) is 25.1 Å². The monoisotopic (exact) mass is 188 g/mol. The molecule has 1 heterocycles. The van der Waals surface area contributed by atoms with Gasteiger partial charge in [0.15, 0.2) is 0 Å². The maximum Gasteiger partial charge on any atom is 0.0664 e. The summed E-state index contributed by atoms with van der Waals surface area (Å²) in [6, 6.07) is 3.98. The van der Waals surface area contributed by atoms with Gasteiger partial charge in [-0.2, -0.15) is 0 Å². The predicted octanol–water partition coefficient (Wildman–Crippen LogP) is 3.51. The summed E-state index contributed by atoms with van der Waals surface area (Å²) in [4.78, 5) is 4.31. The van der Waals surface area contributed by atoms with Crippen LogP contribution in [-0.4, -0.2) is 4.98 Å². The minimum absolute atomic E-state index is 0.536. The topological polar surface area (TPSA) is 12.9 Å². The SMILES string of the molecule is [2H]C([2H])([2H])C1=CC=C(c2cc(C)ccn2)CC1. The van der Waals surface area contributed by atoms with E-state index >= 15 is 0 Å². The van der Waals surface area contributed by atoms with Crippen LogP contribution in [0.3, 0.4) is 0 Å². The van der Waals surface area contributed by atoms with Crippen LogP contribution in [-0.2, 0) is 0 Å². The van der Waals surface area contributed by atoms with Crippen molar-refractivity contribution in [1.82, 2.24) is 4.98 Å². The minimum atomic E-state index is -1.96. The standard InChI is InChI=1S/C13H15N/c1-10-3-5-12(6-4-10)13-9-11(2)7-8-14-13/h3,5,7-9H,4,6H2,1-2H3/i1D3. The van der Waals surface area contributed by atoms with E-state index in [-0.39, 0.29) is 0 Å². The summed E-state index contributed by atoms with van der Waals surface area (Å²) in [5.41, 5.74) is 3.77. The number of rotatable bonds is 1. The lowest BCUT2D eigenvalue weighted by Gasteiger charge is -2.11. The second-order valence-electron chi connectivity index (χ2n) is 3.60. The first-order chi connectivity index (χ1) is 7.97. The van der Waals surface area contributed by atoms with Crippen molar-refractivity contribution in [2.24, 2.45) is 0 Å². The molecule has 2 rings (SSSR count). The number of allylic oxidation sites excluding steroid dienone is 4. The quantitative estimate of drug-likeness (QED) is 0.657. The number of aryl methyl sites for hydroxylation is 1. The van der Waals surface area contributed by atoms with Gasteiger partial charge in [-0.1, -0.05) is 17.7 Å². The van der Waals surface area contributed by atoms with Gasteiger partial charge in [-0.15, -0.1) is 0 Å². The van der Waals surface area contributed by atoms with Gasteiger partial charge in [0, 0.05) is 10.3 Å². The summed E-state index contributed by atoms with van der Waals surface area (Å²) in [5, 5.41) is 0. The highest BCUT2D eigenvalue weighted by molar-refractivity contribution is 5.66. The molecular formula is C13H15N. The van der Waals surface area contributed by atoms with E-state index < -0.39 is 6.85 Å². The molecule has 1 aliphatic carbocycles. The zero-order valence-corrected chi connectivity index (χ0v) is 8.25. The average molecular weight is 188 g/mol. The van der Waals surface area contributed by atoms with Crippen molar-refractivity contribution in [3.05, 3.63) is 47.3 Å². The highest BCUT2D eigenvalue weighted by atomic mass is 14.7. The highest BCUT2D eigenvalue weighted by Crippen LogP contribution is 2.25. The van der Waals surface area contributed by atoms with E-state index in [1.165, 1.54) is 5.56 Å². The summed E-state index contributed by atoms with van der Waals surface area (Å²) < 4.78 is 22.1. The Morgan fingerprint density at radius 2 is 2.29 bits per heavy atom. The van der Waals surface area contributed by atoms with Crippen LogP contribution in [0.15, 0.2) is 36.1 Å². The maximum atomic E-state index is 7.35. The van der Waals surface area contributed by atoms with Gasteiger partial charge in [0.2, 0.25) is 0 Å². The number of hydrogen-bond donors (Lipinski definition) is 0. The first kappa shape index (κ1) is 6.18. The van der Waals surface area contributed by atoms with Crippen molar-refractivity contribution < 1.29 is 4.11 Å². The molecular weight excluding hydrogens is 170 g/mol. The fourth-order valence-electron chi connectivity index (χ4n) is 1.56. The van der Waals surface area contributed by atoms with Gasteiger partial charge in [0.1, 0.15) is 0 Å². The molecule has 1 aromatic heterocycles. The molecule has 0 amide bonds. The fourth-order valence-corrected chi connectivity index (χ4v) is 1.56. The number of nitrogens with zero attached hydrogens (tertiary/aromatic N) is 1. The second kappa shape index (κ2) is 3.79. The van der Waals surface area contributed by atoms with Crippen LogP contribution in [0.25, 0.3) is 5.57 Å². The third-order valence-corrected chi connectivity index (χ3v) is 2.39. The van der Waals surface area contributed by atoms with E-state index in [0.29, 0.717) is 12.0 Å². The highest BCUT2D eigenvalue weighted by Gasteiger charge is 2.06. The van der Waals surface area contributed by atoms with Crippen LogP contribution in [0.5, 0.6) is 0 Å². The smallest absolute Gasteiger partial charge is 0.0664 e. The van der Waals surface area contributed by atoms with Crippen molar-refractivity contribution >= 4 is 5.57 Å². The van der Waals surface area contributed by atoms with E-state index in [9.17, 15) is 0 Å². The second-order valence-corrected chi connectivity index (χ2v) is 3.60. The van der Waals surface area contributed by atoms with Crippen molar-refractivity contribution in [1.29, 1.82) is 0 Å². The molecule has 14 heavy (non-hydrogen) atoms. The Labute approximate surface area is 89.4 Å². The van der Waals surface area contributed by atoms with Crippen LogP contribution in [0, 0.1) is 6.92 Å². The molecule has 0 aliphatic heterocycles. The molecule has 0 fully saturated rings. The van der Waals surface area contributed by atoms with Gasteiger partial charge < -0.3 is 0 Å². The number of aromatic nitrogens is 1. The third-order valence-electron chi connectivity index (χ3n) is 2.39.